The summed E-state index contributed by atoms with van der Waals surface area (Å²) in [5.41, 5.74) is 10.3. The molecule has 0 aliphatic carbocycles. The SMILES string of the molecule is Cc1ccc(-c2c(C)sc(N)c2C(=O)OC(C)(C)C)cc1C. The van der Waals surface area contributed by atoms with E-state index in [1.54, 1.807) is 0 Å². The molecule has 0 radical (unpaired) electrons. The highest BCUT2D eigenvalue weighted by atomic mass is 32.1. The molecular formula is C18H23NO2S. The van der Waals surface area contributed by atoms with E-state index in [0.717, 1.165) is 16.0 Å². The predicted octanol–water partition coefficient (Wildman–Crippen LogP) is 4.88. The first kappa shape index (κ1) is 16.6. The summed E-state index contributed by atoms with van der Waals surface area (Å²) in [6.07, 6.45) is 0. The highest BCUT2D eigenvalue weighted by Crippen LogP contribution is 2.39. The molecule has 0 atom stereocenters. The van der Waals surface area contributed by atoms with Crippen molar-refractivity contribution in [3.63, 3.8) is 0 Å². The number of nitrogens with two attached hydrogens (primary N) is 1. The maximum Gasteiger partial charge on any atom is 0.342 e. The Labute approximate surface area is 136 Å². The number of ether oxygens (including phenoxy) is 1. The molecule has 0 spiro atoms. The molecule has 3 nitrogen and oxygen atoms in total. The Morgan fingerprint density at radius 2 is 1.77 bits per heavy atom. The van der Waals surface area contributed by atoms with Gasteiger partial charge >= 0.3 is 5.97 Å². The van der Waals surface area contributed by atoms with Gasteiger partial charge in [-0.3, -0.25) is 0 Å². The van der Waals surface area contributed by atoms with E-state index in [-0.39, 0.29) is 5.97 Å². The second-order valence-electron chi connectivity index (χ2n) is 6.57. The molecule has 1 aromatic heterocycles. The second kappa shape index (κ2) is 5.76. The molecular weight excluding hydrogens is 294 g/mol. The fourth-order valence-corrected chi connectivity index (χ4v) is 3.28. The van der Waals surface area contributed by atoms with Gasteiger partial charge < -0.3 is 10.5 Å². The third-order valence-corrected chi connectivity index (χ3v) is 4.44. The molecule has 22 heavy (non-hydrogen) atoms. The smallest absolute Gasteiger partial charge is 0.342 e. The number of carbonyl (C=O) groups is 1. The number of benzene rings is 1. The molecule has 0 fully saturated rings. The lowest BCUT2D eigenvalue weighted by molar-refractivity contribution is 0.00721. The highest BCUT2D eigenvalue weighted by molar-refractivity contribution is 7.16. The number of anilines is 1. The van der Waals surface area contributed by atoms with Gasteiger partial charge in [0.25, 0.3) is 0 Å². The molecule has 0 bridgehead atoms. The zero-order valence-corrected chi connectivity index (χ0v) is 14.9. The van der Waals surface area contributed by atoms with E-state index in [2.05, 4.69) is 26.0 Å². The van der Waals surface area contributed by atoms with Gasteiger partial charge in [-0.15, -0.1) is 11.3 Å². The minimum absolute atomic E-state index is 0.359. The summed E-state index contributed by atoms with van der Waals surface area (Å²) in [5, 5.41) is 0.514. The number of nitrogen functional groups attached to an aromatic ring is 1. The lowest BCUT2D eigenvalue weighted by atomic mass is 9.97. The molecule has 4 heteroatoms. The van der Waals surface area contributed by atoms with Gasteiger partial charge in [-0.2, -0.15) is 0 Å². The van der Waals surface area contributed by atoms with Crippen LogP contribution in [-0.2, 0) is 4.74 Å². The van der Waals surface area contributed by atoms with Crippen molar-refractivity contribution < 1.29 is 9.53 Å². The van der Waals surface area contributed by atoms with Crippen LogP contribution in [0.25, 0.3) is 11.1 Å². The Morgan fingerprint density at radius 1 is 1.14 bits per heavy atom. The molecule has 2 aromatic rings. The van der Waals surface area contributed by atoms with E-state index in [1.807, 2.05) is 33.8 Å². The zero-order valence-electron chi connectivity index (χ0n) is 14.0. The second-order valence-corrected chi connectivity index (χ2v) is 7.83. The van der Waals surface area contributed by atoms with Crippen molar-refractivity contribution >= 4 is 22.3 Å². The average molecular weight is 317 g/mol. The van der Waals surface area contributed by atoms with Crippen molar-refractivity contribution in [2.24, 2.45) is 0 Å². The molecule has 0 saturated carbocycles. The summed E-state index contributed by atoms with van der Waals surface area (Å²) < 4.78 is 5.52. The topological polar surface area (TPSA) is 52.3 Å². The maximum absolute atomic E-state index is 12.5. The first-order valence-electron chi connectivity index (χ1n) is 7.30. The van der Waals surface area contributed by atoms with Crippen LogP contribution in [0, 0.1) is 20.8 Å². The summed E-state index contributed by atoms with van der Waals surface area (Å²) in [5.74, 6) is -0.359. The number of esters is 1. The molecule has 118 valence electrons. The summed E-state index contributed by atoms with van der Waals surface area (Å²) >= 11 is 1.43. The van der Waals surface area contributed by atoms with Crippen molar-refractivity contribution in [2.45, 2.75) is 47.1 Å². The number of rotatable bonds is 2. The molecule has 0 aliphatic heterocycles. The molecule has 1 aromatic carbocycles. The fraction of sp³-hybridized carbons (Fsp3) is 0.389. The van der Waals surface area contributed by atoms with Crippen LogP contribution in [0.5, 0.6) is 0 Å². The monoisotopic (exact) mass is 317 g/mol. The van der Waals surface area contributed by atoms with E-state index in [4.69, 9.17) is 10.5 Å². The molecule has 2 N–H and O–H groups in total. The van der Waals surface area contributed by atoms with E-state index in [9.17, 15) is 4.79 Å². The van der Waals surface area contributed by atoms with Crippen LogP contribution in [-0.4, -0.2) is 11.6 Å². The zero-order chi connectivity index (χ0) is 16.7. The van der Waals surface area contributed by atoms with Crippen LogP contribution in [0.3, 0.4) is 0 Å². The van der Waals surface area contributed by atoms with E-state index in [0.29, 0.717) is 10.6 Å². The Bertz CT molecular complexity index is 723. The molecule has 0 saturated heterocycles. The normalized spacial score (nSPS) is 11.5. The molecule has 0 unspecified atom stereocenters. The number of hydrogen-bond acceptors (Lipinski definition) is 4. The van der Waals surface area contributed by atoms with Gasteiger partial charge in [-0.1, -0.05) is 18.2 Å². The summed E-state index contributed by atoms with van der Waals surface area (Å²) in [6.45, 7) is 11.7. The van der Waals surface area contributed by atoms with Gasteiger partial charge in [-0.05, 0) is 58.2 Å². The third kappa shape index (κ3) is 3.33. The van der Waals surface area contributed by atoms with Gasteiger partial charge in [0.15, 0.2) is 0 Å². The number of carbonyl (C=O) groups excluding carboxylic acids is 1. The quantitative estimate of drug-likeness (QED) is 0.803. The van der Waals surface area contributed by atoms with Gasteiger partial charge in [0, 0.05) is 10.4 Å². The van der Waals surface area contributed by atoms with Crippen LogP contribution in [0.15, 0.2) is 18.2 Å². The highest BCUT2D eigenvalue weighted by Gasteiger charge is 2.26. The average Bonchev–Trinajstić information content (AvgIpc) is 2.65. The van der Waals surface area contributed by atoms with Gasteiger partial charge in [0.2, 0.25) is 0 Å². The van der Waals surface area contributed by atoms with Gasteiger partial charge in [0.1, 0.15) is 16.2 Å². The number of thiophene rings is 1. The first-order valence-corrected chi connectivity index (χ1v) is 8.11. The minimum atomic E-state index is -0.542. The molecule has 1 heterocycles. The fourth-order valence-electron chi connectivity index (χ4n) is 2.34. The standard InChI is InChI=1S/C18H23NO2S/c1-10-7-8-13(9-11(10)2)14-12(3)22-16(19)15(14)17(20)21-18(4,5)6/h7-9H,19H2,1-6H3. The minimum Gasteiger partial charge on any atom is -0.456 e. The maximum atomic E-state index is 12.5. The van der Waals surface area contributed by atoms with Crippen LogP contribution < -0.4 is 5.73 Å². The Hall–Kier alpha value is -1.81. The number of hydrogen-bond donors (Lipinski definition) is 1. The van der Waals surface area contributed by atoms with Crippen molar-refractivity contribution in [3.05, 3.63) is 39.8 Å². The summed E-state index contributed by atoms with van der Waals surface area (Å²) in [6, 6.07) is 6.19. The van der Waals surface area contributed by atoms with Crippen LogP contribution in [0.4, 0.5) is 5.00 Å². The molecule has 0 aliphatic rings. The third-order valence-electron chi connectivity index (χ3n) is 3.51. The van der Waals surface area contributed by atoms with E-state index < -0.39 is 5.60 Å². The van der Waals surface area contributed by atoms with Crippen LogP contribution in [0.2, 0.25) is 0 Å². The van der Waals surface area contributed by atoms with Gasteiger partial charge in [0.05, 0.1) is 0 Å². The van der Waals surface area contributed by atoms with Crippen molar-refractivity contribution in [3.8, 4) is 11.1 Å². The Kier molecular flexibility index (Phi) is 4.34. The largest absolute Gasteiger partial charge is 0.456 e. The summed E-state index contributed by atoms with van der Waals surface area (Å²) in [4.78, 5) is 13.6. The Balaban J connectivity index is 2.57. The van der Waals surface area contributed by atoms with Crippen molar-refractivity contribution in [1.29, 1.82) is 0 Å². The van der Waals surface area contributed by atoms with Gasteiger partial charge in [-0.25, -0.2) is 4.79 Å². The van der Waals surface area contributed by atoms with E-state index in [1.165, 1.54) is 22.5 Å². The van der Waals surface area contributed by atoms with Crippen LogP contribution >= 0.6 is 11.3 Å². The van der Waals surface area contributed by atoms with Crippen molar-refractivity contribution in [2.75, 3.05) is 5.73 Å². The molecule has 0 amide bonds. The number of aryl methyl sites for hydroxylation is 3. The predicted molar refractivity (Wildman–Crippen MR) is 93.5 cm³/mol. The van der Waals surface area contributed by atoms with Crippen LogP contribution in [0.1, 0.15) is 47.1 Å². The summed E-state index contributed by atoms with van der Waals surface area (Å²) in [7, 11) is 0. The Morgan fingerprint density at radius 3 is 2.32 bits per heavy atom. The lowest BCUT2D eigenvalue weighted by Gasteiger charge is -2.20. The van der Waals surface area contributed by atoms with E-state index >= 15 is 0 Å². The lowest BCUT2D eigenvalue weighted by Crippen LogP contribution is -2.24. The first-order chi connectivity index (χ1) is 10.1. The molecule has 2 rings (SSSR count). The van der Waals surface area contributed by atoms with Crippen molar-refractivity contribution in [1.82, 2.24) is 0 Å².